The van der Waals surface area contributed by atoms with E-state index < -0.39 is 23.5 Å². The molecule has 2 aromatic rings. The van der Waals surface area contributed by atoms with E-state index in [1.165, 1.54) is 11.0 Å². The highest BCUT2D eigenvalue weighted by molar-refractivity contribution is 6.46. The number of carbonyl (C=O) groups excluding carboxylic acids is 2. The molecular weight excluding hydrogens is 423 g/mol. The smallest absolute Gasteiger partial charge is 0.295 e. The Kier molecular flexibility index (Phi) is 7.87. The van der Waals surface area contributed by atoms with Crippen molar-refractivity contribution in [2.75, 3.05) is 32.8 Å². The van der Waals surface area contributed by atoms with Crippen LogP contribution in [0.15, 0.2) is 48.0 Å². The number of amides is 1. The van der Waals surface area contributed by atoms with Crippen molar-refractivity contribution in [1.29, 1.82) is 0 Å². The van der Waals surface area contributed by atoms with Gasteiger partial charge in [-0.05, 0) is 56.8 Å². The first-order valence-corrected chi connectivity index (χ1v) is 11.3. The number of ketones is 1. The summed E-state index contributed by atoms with van der Waals surface area (Å²) in [5.74, 6) is -1.76. The minimum atomic E-state index is -1.01. The third kappa shape index (κ3) is 4.93. The minimum Gasteiger partial charge on any atom is -0.507 e. The van der Waals surface area contributed by atoms with E-state index in [-0.39, 0.29) is 23.4 Å². The average Bonchev–Trinajstić information content (AvgIpc) is 3.05. The molecule has 1 N–H and O–H groups in total. The lowest BCUT2D eigenvalue weighted by atomic mass is 9.93. The summed E-state index contributed by atoms with van der Waals surface area (Å²) in [6.45, 7) is 10.5. The number of aryl methyl sites for hydroxylation is 1. The summed E-state index contributed by atoms with van der Waals surface area (Å²) >= 11 is 0. The maximum absolute atomic E-state index is 14.9. The molecule has 1 aliphatic rings. The van der Waals surface area contributed by atoms with Crippen molar-refractivity contribution < 1.29 is 23.8 Å². The Hall–Kier alpha value is -3.19. The van der Waals surface area contributed by atoms with E-state index >= 15 is 0 Å². The molecule has 0 aromatic heterocycles. The number of hydrogen-bond donors (Lipinski definition) is 1. The first kappa shape index (κ1) is 24.5. The molecule has 3 rings (SSSR count). The molecule has 33 heavy (non-hydrogen) atoms. The van der Waals surface area contributed by atoms with Crippen molar-refractivity contribution in [2.24, 2.45) is 0 Å². The number of carbonyl (C=O) groups is 2. The van der Waals surface area contributed by atoms with Crippen LogP contribution in [-0.2, 0) is 9.59 Å². The van der Waals surface area contributed by atoms with Crippen LogP contribution in [0, 0.1) is 12.7 Å². The number of aliphatic hydroxyl groups is 1. The van der Waals surface area contributed by atoms with Crippen LogP contribution in [-0.4, -0.2) is 59.4 Å². The summed E-state index contributed by atoms with van der Waals surface area (Å²) in [5.41, 5.74) is 1.17. The average molecular weight is 455 g/mol. The summed E-state index contributed by atoms with van der Waals surface area (Å²) in [6.07, 6.45) is 0. The monoisotopic (exact) mass is 454 g/mol. The van der Waals surface area contributed by atoms with Gasteiger partial charge < -0.3 is 19.6 Å². The lowest BCUT2D eigenvalue weighted by Gasteiger charge is -2.28. The van der Waals surface area contributed by atoms with E-state index in [0.29, 0.717) is 30.0 Å². The predicted octanol–water partition coefficient (Wildman–Crippen LogP) is 4.30. The Labute approximate surface area is 194 Å². The van der Waals surface area contributed by atoms with Gasteiger partial charge in [-0.1, -0.05) is 32.0 Å². The highest BCUT2D eigenvalue weighted by atomic mass is 19.1. The maximum atomic E-state index is 14.9. The number of ether oxygens (including phenoxy) is 1. The molecule has 6 nitrogen and oxygen atoms in total. The third-order valence-electron chi connectivity index (χ3n) is 6.06. The van der Waals surface area contributed by atoms with Gasteiger partial charge in [0.1, 0.15) is 17.3 Å². The van der Waals surface area contributed by atoms with Crippen LogP contribution < -0.4 is 4.74 Å². The van der Waals surface area contributed by atoms with Crippen LogP contribution in [0.3, 0.4) is 0 Å². The number of likely N-dealkylation sites (N-methyl/N-ethyl adjacent to an activating group) is 1. The van der Waals surface area contributed by atoms with E-state index in [4.69, 9.17) is 4.74 Å². The molecule has 7 heteroatoms. The summed E-state index contributed by atoms with van der Waals surface area (Å²) in [4.78, 5) is 29.6. The molecular formula is C26H31FN2O4. The fourth-order valence-corrected chi connectivity index (χ4v) is 4.22. The number of Topliss-reactive ketones (excluding diaryl/α,β-unsaturated/α-hetero) is 1. The molecule has 0 aliphatic carbocycles. The highest BCUT2D eigenvalue weighted by Crippen LogP contribution is 2.40. The van der Waals surface area contributed by atoms with Crippen molar-refractivity contribution >= 4 is 17.4 Å². The van der Waals surface area contributed by atoms with Gasteiger partial charge in [0.2, 0.25) is 0 Å². The fraction of sp³-hybridized carbons (Fsp3) is 0.385. The van der Waals surface area contributed by atoms with Gasteiger partial charge >= 0.3 is 0 Å². The topological polar surface area (TPSA) is 70.1 Å². The number of likely N-dealkylation sites (tertiary alicyclic amines) is 1. The van der Waals surface area contributed by atoms with E-state index in [0.717, 1.165) is 13.1 Å². The van der Waals surface area contributed by atoms with Gasteiger partial charge in [-0.25, -0.2) is 4.39 Å². The first-order chi connectivity index (χ1) is 15.8. The lowest BCUT2D eigenvalue weighted by Crippen LogP contribution is -2.38. The number of nitrogens with zero attached hydrogens (tertiary/aromatic N) is 2. The summed E-state index contributed by atoms with van der Waals surface area (Å²) in [6, 6.07) is 10.1. The van der Waals surface area contributed by atoms with Gasteiger partial charge in [0.05, 0.1) is 18.2 Å². The Balaban J connectivity index is 2.13. The largest absolute Gasteiger partial charge is 0.507 e. The molecule has 1 unspecified atom stereocenters. The van der Waals surface area contributed by atoms with E-state index in [9.17, 15) is 19.1 Å². The Morgan fingerprint density at radius 3 is 2.42 bits per heavy atom. The molecule has 0 saturated carbocycles. The van der Waals surface area contributed by atoms with Crippen LogP contribution in [0.2, 0.25) is 0 Å². The molecule has 1 atom stereocenters. The van der Waals surface area contributed by atoms with Crippen LogP contribution >= 0.6 is 0 Å². The molecule has 1 saturated heterocycles. The van der Waals surface area contributed by atoms with Gasteiger partial charge in [-0.3, -0.25) is 9.59 Å². The number of hydrogen-bond acceptors (Lipinski definition) is 5. The molecule has 1 fully saturated rings. The molecule has 1 amide bonds. The number of rotatable bonds is 9. The zero-order valence-electron chi connectivity index (χ0n) is 19.6. The quantitative estimate of drug-likeness (QED) is 0.348. The fourth-order valence-electron chi connectivity index (χ4n) is 4.22. The van der Waals surface area contributed by atoms with E-state index in [1.54, 1.807) is 43.3 Å². The van der Waals surface area contributed by atoms with Crippen molar-refractivity contribution in [1.82, 2.24) is 9.80 Å². The predicted molar refractivity (Wildman–Crippen MR) is 126 cm³/mol. The second kappa shape index (κ2) is 10.6. The van der Waals surface area contributed by atoms with Gasteiger partial charge in [-0.2, -0.15) is 0 Å². The zero-order chi connectivity index (χ0) is 24.1. The molecule has 0 bridgehead atoms. The standard InChI is InChI=1S/C26H31FN2O4/c1-5-28(6-2)14-15-29-23(20-10-8-9-11-21(20)27)22(25(31)26(29)32)24(30)19-13-12-18(33-7-3)16-17(19)4/h8-13,16,23,30H,5-7,14-15H2,1-4H3. The second-order valence-electron chi connectivity index (χ2n) is 7.95. The summed E-state index contributed by atoms with van der Waals surface area (Å²) in [7, 11) is 0. The highest BCUT2D eigenvalue weighted by Gasteiger charge is 2.46. The van der Waals surface area contributed by atoms with Crippen molar-refractivity contribution in [3.8, 4) is 5.75 Å². The van der Waals surface area contributed by atoms with Gasteiger partial charge in [0.15, 0.2) is 0 Å². The normalized spacial score (nSPS) is 17.8. The first-order valence-electron chi connectivity index (χ1n) is 11.3. The molecule has 0 spiro atoms. The summed E-state index contributed by atoms with van der Waals surface area (Å²) < 4.78 is 20.4. The molecule has 1 heterocycles. The van der Waals surface area contributed by atoms with Crippen LogP contribution in [0.5, 0.6) is 5.75 Å². The summed E-state index contributed by atoms with van der Waals surface area (Å²) in [5, 5.41) is 11.2. The Morgan fingerprint density at radius 2 is 1.82 bits per heavy atom. The molecule has 176 valence electrons. The van der Waals surface area contributed by atoms with Crippen LogP contribution in [0.1, 0.15) is 43.5 Å². The lowest BCUT2D eigenvalue weighted by molar-refractivity contribution is -0.140. The van der Waals surface area contributed by atoms with Crippen LogP contribution in [0.4, 0.5) is 4.39 Å². The number of benzene rings is 2. The third-order valence-corrected chi connectivity index (χ3v) is 6.06. The molecule has 0 radical (unpaired) electrons. The molecule has 2 aromatic carbocycles. The second-order valence-corrected chi connectivity index (χ2v) is 7.95. The SMILES string of the molecule is CCOc1ccc(C(O)=C2C(=O)C(=O)N(CCN(CC)CC)C2c2ccccc2F)c(C)c1. The maximum Gasteiger partial charge on any atom is 0.295 e. The van der Waals surface area contributed by atoms with E-state index in [2.05, 4.69) is 4.90 Å². The van der Waals surface area contributed by atoms with Crippen molar-refractivity contribution in [3.63, 3.8) is 0 Å². The van der Waals surface area contributed by atoms with Crippen LogP contribution in [0.25, 0.3) is 5.76 Å². The van der Waals surface area contributed by atoms with Crippen molar-refractivity contribution in [3.05, 3.63) is 70.5 Å². The zero-order valence-corrected chi connectivity index (χ0v) is 19.6. The van der Waals surface area contributed by atoms with Gasteiger partial charge in [0.25, 0.3) is 11.7 Å². The van der Waals surface area contributed by atoms with Gasteiger partial charge in [-0.15, -0.1) is 0 Å². The Morgan fingerprint density at radius 1 is 1.12 bits per heavy atom. The molecule has 1 aliphatic heterocycles. The Bertz CT molecular complexity index is 1060. The van der Waals surface area contributed by atoms with Gasteiger partial charge in [0, 0.05) is 24.2 Å². The van der Waals surface area contributed by atoms with E-state index in [1.807, 2.05) is 20.8 Å². The minimum absolute atomic E-state index is 0.100. The van der Waals surface area contributed by atoms with Crippen molar-refractivity contribution in [2.45, 2.75) is 33.7 Å². The number of aliphatic hydroxyl groups excluding tert-OH is 1. The number of halogens is 1.